The summed E-state index contributed by atoms with van der Waals surface area (Å²) in [5.41, 5.74) is 1.01. The van der Waals surface area contributed by atoms with Gasteiger partial charge in [0.2, 0.25) is 0 Å². The van der Waals surface area contributed by atoms with Crippen molar-refractivity contribution >= 4 is 11.6 Å². The second-order valence-electron chi connectivity index (χ2n) is 2.68. The van der Waals surface area contributed by atoms with Crippen LogP contribution in [0.15, 0.2) is 18.2 Å². The first kappa shape index (κ1) is 9.53. The molecule has 1 aromatic carbocycles. The Labute approximate surface area is 77.4 Å². The van der Waals surface area contributed by atoms with Gasteiger partial charge in [0.1, 0.15) is 5.82 Å². The Morgan fingerprint density at radius 1 is 1.50 bits per heavy atom. The van der Waals surface area contributed by atoms with Gasteiger partial charge in [0.05, 0.1) is 0 Å². The van der Waals surface area contributed by atoms with E-state index >= 15 is 0 Å². The molecule has 1 radical (unpaired) electrons. The van der Waals surface area contributed by atoms with E-state index in [-0.39, 0.29) is 5.82 Å². The van der Waals surface area contributed by atoms with Crippen molar-refractivity contribution in [1.29, 1.82) is 0 Å². The van der Waals surface area contributed by atoms with E-state index in [0.717, 1.165) is 18.4 Å². The zero-order chi connectivity index (χ0) is 8.97. The summed E-state index contributed by atoms with van der Waals surface area (Å²) in [7, 11) is 0. The third-order valence-corrected chi connectivity index (χ3v) is 2.07. The topological polar surface area (TPSA) is 0 Å². The van der Waals surface area contributed by atoms with Crippen molar-refractivity contribution in [1.82, 2.24) is 0 Å². The molecule has 0 aliphatic heterocycles. The minimum Gasteiger partial charge on any atom is -0.207 e. The van der Waals surface area contributed by atoms with Crippen LogP contribution in [0.25, 0.3) is 0 Å². The molecule has 0 atom stereocenters. The largest absolute Gasteiger partial charge is 0.207 e. The van der Waals surface area contributed by atoms with Crippen molar-refractivity contribution in [3.8, 4) is 0 Å². The molecule has 0 fully saturated rings. The Hall–Kier alpha value is -0.560. The fraction of sp³-hybridized carbons (Fsp3) is 0.300. The first-order chi connectivity index (χ1) is 5.74. The predicted octanol–water partition coefficient (Wildman–Crippen LogP) is 3.64. The maximum Gasteiger partial charge on any atom is 0.124 e. The van der Waals surface area contributed by atoms with Crippen molar-refractivity contribution in [2.45, 2.75) is 19.8 Å². The molecule has 0 saturated heterocycles. The van der Waals surface area contributed by atoms with Gasteiger partial charge in [-0.2, -0.15) is 0 Å². The number of unbranched alkanes of at least 4 members (excludes halogenated alkanes) is 1. The Morgan fingerprint density at radius 3 is 2.83 bits per heavy atom. The van der Waals surface area contributed by atoms with Crippen LogP contribution in [-0.2, 0) is 6.42 Å². The quantitative estimate of drug-likeness (QED) is 0.675. The molecule has 0 spiro atoms. The van der Waals surface area contributed by atoms with Crippen LogP contribution in [0.2, 0.25) is 5.02 Å². The van der Waals surface area contributed by atoms with Gasteiger partial charge in [0.15, 0.2) is 0 Å². The van der Waals surface area contributed by atoms with Crippen LogP contribution in [-0.4, -0.2) is 0 Å². The van der Waals surface area contributed by atoms with E-state index in [4.69, 9.17) is 11.6 Å². The summed E-state index contributed by atoms with van der Waals surface area (Å²) in [4.78, 5) is 0. The van der Waals surface area contributed by atoms with Crippen LogP contribution in [0.5, 0.6) is 0 Å². The fourth-order valence-electron chi connectivity index (χ4n) is 1.02. The van der Waals surface area contributed by atoms with Crippen molar-refractivity contribution < 1.29 is 4.39 Å². The number of benzene rings is 1. The summed E-state index contributed by atoms with van der Waals surface area (Å²) < 4.78 is 12.6. The molecule has 65 valence electrons. The van der Waals surface area contributed by atoms with Gasteiger partial charge in [-0.25, -0.2) is 4.39 Å². The van der Waals surface area contributed by atoms with E-state index in [1.54, 1.807) is 6.07 Å². The zero-order valence-electron chi connectivity index (χ0n) is 6.98. The van der Waals surface area contributed by atoms with Gasteiger partial charge in [0.25, 0.3) is 0 Å². The first-order valence-electron chi connectivity index (χ1n) is 3.96. The molecule has 12 heavy (non-hydrogen) atoms. The lowest BCUT2D eigenvalue weighted by molar-refractivity contribution is 0.627. The van der Waals surface area contributed by atoms with Crippen molar-refractivity contribution in [3.63, 3.8) is 0 Å². The molecular weight excluding hydrogens is 175 g/mol. The number of rotatable bonds is 3. The molecular formula is C10H11ClF. The first-order valence-corrected chi connectivity index (χ1v) is 4.33. The minimum absolute atomic E-state index is 0.274. The highest BCUT2D eigenvalue weighted by Gasteiger charge is 2.00. The minimum atomic E-state index is -0.274. The molecule has 0 bridgehead atoms. The highest BCUT2D eigenvalue weighted by atomic mass is 35.5. The van der Waals surface area contributed by atoms with Crippen LogP contribution in [0.1, 0.15) is 18.9 Å². The lowest BCUT2D eigenvalue weighted by atomic mass is 10.1. The van der Waals surface area contributed by atoms with Gasteiger partial charge in [-0.15, -0.1) is 0 Å². The molecule has 0 N–H and O–H groups in total. The average Bonchev–Trinajstić information content (AvgIpc) is 2.03. The molecule has 1 rings (SSSR count). The van der Waals surface area contributed by atoms with Gasteiger partial charge in [-0.1, -0.05) is 24.6 Å². The summed E-state index contributed by atoms with van der Waals surface area (Å²) in [5.74, 6) is -0.274. The van der Waals surface area contributed by atoms with Crippen LogP contribution in [0, 0.1) is 12.2 Å². The molecule has 0 nitrogen and oxygen atoms in total. The van der Waals surface area contributed by atoms with Gasteiger partial charge in [-0.05, 0) is 37.0 Å². The van der Waals surface area contributed by atoms with E-state index in [1.807, 2.05) is 6.92 Å². The Balaban J connectivity index is 2.72. The number of hydrogen-bond donors (Lipinski definition) is 0. The zero-order valence-corrected chi connectivity index (χ0v) is 7.74. The fourth-order valence-corrected chi connectivity index (χ4v) is 1.29. The maximum atomic E-state index is 12.6. The van der Waals surface area contributed by atoms with E-state index in [0.29, 0.717) is 5.02 Å². The summed E-state index contributed by atoms with van der Waals surface area (Å²) in [6, 6.07) is 4.53. The second-order valence-corrected chi connectivity index (χ2v) is 3.09. The molecule has 0 unspecified atom stereocenters. The molecule has 0 aliphatic rings. The van der Waals surface area contributed by atoms with Gasteiger partial charge in [-0.3, -0.25) is 0 Å². The monoisotopic (exact) mass is 185 g/mol. The van der Waals surface area contributed by atoms with Gasteiger partial charge < -0.3 is 0 Å². The predicted molar refractivity (Wildman–Crippen MR) is 49.7 cm³/mol. The summed E-state index contributed by atoms with van der Waals surface area (Å²) >= 11 is 5.81. The molecule has 0 saturated carbocycles. The second kappa shape index (κ2) is 4.46. The Morgan fingerprint density at radius 2 is 2.25 bits per heavy atom. The van der Waals surface area contributed by atoms with Crippen molar-refractivity contribution in [2.75, 3.05) is 0 Å². The maximum absolute atomic E-state index is 12.6. The van der Waals surface area contributed by atoms with Gasteiger partial charge in [0, 0.05) is 5.02 Å². The van der Waals surface area contributed by atoms with E-state index in [2.05, 4.69) is 6.42 Å². The van der Waals surface area contributed by atoms with Crippen LogP contribution in [0.4, 0.5) is 4.39 Å². The molecule has 0 aliphatic carbocycles. The highest BCUT2D eigenvalue weighted by molar-refractivity contribution is 6.31. The molecule has 1 aromatic rings. The van der Waals surface area contributed by atoms with E-state index in [1.165, 1.54) is 12.1 Å². The SMILES string of the molecule is C[CH]CCc1ccc(F)cc1Cl. The highest BCUT2D eigenvalue weighted by Crippen LogP contribution is 2.18. The third-order valence-electron chi connectivity index (χ3n) is 1.72. The molecule has 0 aromatic heterocycles. The Kier molecular flexibility index (Phi) is 3.54. The summed E-state index contributed by atoms with van der Waals surface area (Å²) in [6.07, 6.45) is 3.93. The number of hydrogen-bond acceptors (Lipinski definition) is 0. The standard InChI is InChI=1S/C10H11ClF/c1-2-3-4-8-5-6-9(12)7-10(8)11/h2,5-7H,3-4H2,1H3. The Bertz CT molecular complexity index is 258. The average molecular weight is 186 g/mol. The van der Waals surface area contributed by atoms with E-state index < -0.39 is 0 Å². The van der Waals surface area contributed by atoms with Crippen LogP contribution in [0.3, 0.4) is 0 Å². The molecule has 2 heteroatoms. The summed E-state index contributed by atoms with van der Waals surface area (Å²) in [5, 5.41) is 0.525. The van der Waals surface area contributed by atoms with Crippen LogP contribution >= 0.6 is 11.6 Å². The normalized spacial score (nSPS) is 10.2. The van der Waals surface area contributed by atoms with Gasteiger partial charge >= 0.3 is 0 Å². The van der Waals surface area contributed by atoms with Crippen LogP contribution < -0.4 is 0 Å². The number of halogens is 2. The van der Waals surface area contributed by atoms with E-state index in [9.17, 15) is 4.39 Å². The molecule has 0 amide bonds. The lowest BCUT2D eigenvalue weighted by Gasteiger charge is -2.01. The lowest BCUT2D eigenvalue weighted by Crippen LogP contribution is -1.87. The van der Waals surface area contributed by atoms with Crippen molar-refractivity contribution in [3.05, 3.63) is 41.0 Å². The molecule has 0 heterocycles. The third kappa shape index (κ3) is 2.49. The smallest absolute Gasteiger partial charge is 0.124 e. The number of aryl methyl sites for hydroxylation is 1. The summed E-state index contributed by atoms with van der Waals surface area (Å²) in [6.45, 7) is 2.00. The van der Waals surface area contributed by atoms with Crippen molar-refractivity contribution in [2.24, 2.45) is 0 Å².